The van der Waals surface area contributed by atoms with E-state index in [0.29, 0.717) is 24.2 Å². The Balaban J connectivity index is 2.04. The van der Waals surface area contributed by atoms with Gasteiger partial charge in [-0.3, -0.25) is 14.9 Å². The summed E-state index contributed by atoms with van der Waals surface area (Å²) < 4.78 is 0. The van der Waals surface area contributed by atoms with Gasteiger partial charge in [-0.2, -0.15) is 0 Å². The van der Waals surface area contributed by atoms with Gasteiger partial charge in [-0.05, 0) is 45.9 Å². The molecule has 1 amide bonds. The van der Waals surface area contributed by atoms with Gasteiger partial charge in [0.15, 0.2) is 0 Å². The highest BCUT2D eigenvalue weighted by molar-refractivity contribution is 5.92. The van der Waals surface area contributed by atoms with Gasteiger partial charge in [0, 0.05) is 30.8 Å². The van der Waals surface area contributed by atoms with E-state index in [1.807, 2.05) is 6.92 Å². The van der Waals surface area contributed by atoms with Crippen LogP contribution >= 0.6 is 0 Å². The van der Waals surface area contributed by atoms with Crippen LogP contribution in [0.3, 0.4) is 0 Å². The lowest BCUT2D eigenvalue weighted by Crippen LogP contribution is -2.33. The van der Waals surface area contributed by atoms with Crippen molar-refractivity contribution in [3.8, 4) is 0 Å². The van der Waals surface area contributed by atoms with Crippen LogP contribution in [0, 0.1) is 24.0 Å². The van der Waals surface area contributed by atoms with Crippen molar-refractivity contribution in [1.29, 1.82) is 0 Å². The van der Waals surface area contributed by atoms with Crippen LogP contribution in [0.4, 0.5) is 17.1 Å². The third kappa shape index (κ3) is 4.81. The van der Waals surface area contributed by atoms with Crippen molar-refractivity contribution in [2.24, 2.45) is 0 Å². The van der Waals surface area contributed by atoms with Gasteiger partial charge >= 0.3 is 0 Å². The molecule has 0 radical (unpaired) electrons. The van der Waals surface area contributed by atoms with Gasteiger partial charge < -0.3 is 10.2 Å². The van der Waals surface area contributed by atoms with Gasteiger partial charge in [0.25, 0.3) is 5.69 Å². The molecule has 0 unspecified atom stereocenters. The maximum absolute atomic E-state index is 12.4. The van der Waals surface area contributed by atoms with E-state index in [0.717, 1.165) is 5.69 Å². The van der Waals surface area contributed by atoms with Crippen LogP contribution in [-0.4, -0.2) is 23.4 Å². The lowest BCUT2D eigenvalue weighted by molar-refractivity contribution is -0.385. The van der Waals surface area contributed by atoms with E-state index in [1.54, 1.807) is 19.1 Å². The van der Waals surface area contributed by atoms with E-state index < -0.39 is 4.92 Å². The Morgan fingerprint density at radius 1 is 1.15 bits per heavy atom. The number of nitrogens with zero attached hydrogens (tertiary/aromatic N) is 2. The summed E-state index contributed by atoms with van der Waals surface area (Å²) in [7, 11) is 0. The lowest BCUT2D eigenvalue weighted by Gasteiger charge is -2.29. The highest BCUT2D eigenvalue weighted by Gasteiger charge is 2.16. The number of hydrogen-bond acceptors (Lipinski definition) is 4. The summed E-state index contributed by atoms with van der Waals surface area (Å²) in [6.07, 6.45) is 0.300. The standard InChI is InChI=1S/C20H25N3O3/c1-14(2)22(17-10-8-15(3)9-11-17)13-12-20(24)21-18-6-5-7-19(16(18)4)23(25)26/h5-11,14H,12-13H2,1-4H3,(H,21,24). The molecule has 6 heteroatoms. The smallest absolute Gasteiger partial charge is 0.274 e. The third-order valence-corrected chi connectivity index (χ3v) is 4.34. The van der Waals surface area contributed by atoms with Crippen molar-refractivity contribution < 1.29 is 9.72 Å². The number of hydrogen-bond donors (Lipinski definition) is 1. The van der Waals surface area contributed by atoms with Gasteiger partial charge in [0.2, 0.25) is 5.91 Å². The maximum Gasteiger partial charge on any atom is 0.274 e. The fourth-order valence-corrected chi connectivity index (χ4v) is 2.81. The summed E-state index contributed by atoms with van der Waals surface area (Å²) in [6.45, 7) is 8.42. The third-order valence-electron chi connectivity index (χ3n) is 4.34. The average Bonchev–Trinajstić information content (AvgIpc) is 2.58. The number of amides is 1. The summed E-state index contributed by atoms with van der Waals surface area (Å²) in [5, 5.41) is 13.8. The molecule has 0 fully saturated rings. The number of rotatable bonds is 7. The first-order valence-corrected chi connectivity index (χ1v) is 8.66. The largest absolute Gasteiger partial charge is 0.369 e. The van der Waals surface area contributed by atoms with Crippen molar-refractivity contribution in [2.45, 2.75) is 40.2 Å². The predicted molar refractivity (Wildman–Crippen MR) is 105 cm³/mol. The first-order chi connectivity index (χ1) is 12.3. The summed E-state index contributed by atoms with van der Waals surface area (Å²) in [5.41, 5.74) is 3.22. The molecule has 0 bridgehead atoms. The van der Waals surface area contributed by atoms with Crippen LogP contribution in [0.1, 0.15) is 31.4 Å². The van der Waals surface area contributed by atoms with E-state index in [4.69, 9.17) is 0 Å². The second-order valence-electron chi connectivity index (χ2n) is 6.63. The van der Waals surface area contributed by atoms with Crippen LogP contribution in [-0.2, 0) is 4.79 Å². The molecule has 0 aliphatic carbocycles. The number of carbonyl (C=O) groups excluding carboxylic acids is 1. The van der Waals surface area contributed by atoms with E-state index in [2.05, 4.69) is 48.3 Å². The minimum atomic E-state index is -0.442. The number of nitrogens with one attached hydrogen (secondary N) is 1. The van der Waals surface area contributed by atoms with Crippen molar-refractivity contribution in [3.63, 3.8) is 0 Å². The molecule has 0 aliphatic rings. The van der Waals surface area contributed by atoms with Crippen LogP contribution in [0.25, 0.3) is 0 Å². The molecular weight excluding hydrogens is 330 g/mol. The quantitative estimate of drug-likeness (QED) is 0.588. The summed E-state index contributed by atoms with van der Waals surface area (Å²) in [5.74, 6) is -0.161. The van der Waals surface area contributed by atoms with Crippen molar-refractivity contribution in [2.75, 3.05) is 16.8 Å². The molecule has 0 aromatic heterocycles. The highest BCUT2D eigenvalue weighted by Crippen LogP contribution is 2.25. The molecule has 2 aromatic carbocycles. The summed E-state index contributed by atoms with van der Waals surface area (Å²) in [6, 6.07) is 13.2. The van der Waals surface area contributed by atoms with Gasteiger partial charge in [0.05, 0.1) is 16.2 Å². The number of nitro groups is 1. The van der Waals surface area contributed by atoms with Gasteiger partial charge in [-0.1, -0.05) is 23.8 Å². The van der Waals surface area contributed by atoms with Crippen LogP contribution in [0.15, 0.2) is 42.5 Å². The zero-order chi connectivity index (χ0) is 19.3. The Hall–Kier alpha value is -2.89. The number of benzene rings is 2. The molecule has 2 rings (SSSR count). The Bertz CT molecular complexity index is 785. The Morgan fingerprint density at radius 3 is 2.38 bits per heavy atom. The Labute approximate surface area is 154 Å². The maximum atomic E-state index is 12.4. The van der Waals surface area contributed by atoms with Crippen molar-refractivity contribution in [1.82, 2.24) is 0 Å². The molecule has 26 heavy (non-hydrogen) atoms. The van der Waals surface area contributed by atoms with Crippen LogP contribution < -0.4 is 10.2 Å². The SMILES string of the molecule is Cc1ccc(N(CCC(=O)Nc2cccc([N+](=O)[O-])c2C)C(C)C)cc1. The zero-order valence-electron chi connectivity index (χ0n) is 15.7. The molecule has 6 nitrogen and oxygen atoms in total. The second kappa shape index (κ2) is 8.47. The van der Waals surface area contributed by atoms with Gasteiger partial charge in [0.1, 0.15) is 0 Å². The van der Waals surface area contributed by atoms with Crippen molar-refractivity contribution >= 4 is 23.0 Å². The summed E-state index contributed by atoms with van der Waals surface area (Å²) >= 11 is 0. The number of anilines is 2. The number of aryl methyl sites for hydroxylation is 1. The molecule has 138 valence electrons. The van der Waals surface area contributed by atoms with Crippen LogP contribution in [0.2, 0.25) is 0 Å². The molecular formula is C20H25N3O3. The minimum absolute atomic E-state index is 0.00580. The topological polar surface area (TPSA) is 75.5 Å². The molecule has 2 aromatic rings. The molecule has 0 saturated carbocycles. The van der Waals surface area contributed by atoms with Crippen LogP contribution in [0.5, 0.6) is 0 Å². The zero-order valence-corrected chi connectivity index (χ0v) is 15.7. The molecule has 0 aliphatic heterocycles. The van der Waals surface area contributed by atoms with Gasteiger partial charge in [-0.15, -0.1) is 0 Å². The fourth-order valence-electron chi connectivity index (χ4n) is 2.81. The van der Waals surface area contributed by atoms with E-state index >= 15 is 0 Å². The molecule has 1 N–H and O–H groups in total. The first kappa shape index (κ1) is 19.4. The number of carbonyl (C=O) groups is 1. The monoisotopic (exact) mass is 355 g/mol. The second-order valence-corrected chi connectivity index (χ2v) is 6.63. The first-order valence-electron chi connectivity index (χ1n) is 8.66. The Morgan fingerprint density at radius 2 is 1.81 bits per heavy atom. The fraction of sp³-hybridized carbons (Fsp3) is 0.350. The number of nitro benzene ring substituents is 1. The molecule has 0 heterocycles. The van der Waals surface area contributed by atoms with Crippen molar-refractivity contribution in [3.05, 3.63) is 63.7 Å². The molecule has 0 atom stereocenters. The average molecular weight is 355 g/mol. The lowest BCUT2D eigenvalue weighted by atomic mass is 10.1. The minimum Gasteiger partial charge on any atom is -0.369 e. The van der Waals surface area contributed by atoms with E-state index in [1.165, 1.54) is 11.6 Å². The highest BCUT2D eigenvalue weighted by atomic mass is 16.6. The van der Waals surface area contributed by atoms with E-state index in [9.17, 15) is 14.9 Å². The Kier molecular flexibility index (Phi) is 6.33. The summed E-state index contributed by atoms with van der Waals surface area (Å²) in [4.78, 5) is 25.1. The van der Waals surface area contributed by atoms with E-state index in [-0.39, 0.29) is 17.6 Å². The normalized spacial score (nSPS) is 10.7. The van der Waals surface area contributed by atoms with Gasteiger partial charge in [-0.25, -0.2) is 0 Å². The molecule has 0 saturated heterocycles. The predicted octanol–water partition coefficient (Wildman–Crippen LogP) is 4.46. The molecule has 0 spiro atoms.